The monoisotopic (exact) mass is 635 g/mol. The van der Waals surface area contributed by atoms with E-state index < -0.39 is 0 Å². The standard InChI is InChI=1S/C43H45N3S/c1-3-10-30(11-4-1)41-44-42(31-12-5-2-6-13-31)46-43(45-41)32-18-15-29(16-19-32)35-21-23-37-38-24-22-36(27-40(38)47-39(37)26-35)34-20-17-28-9-7-8-14-33(28)25-34/h1,3-4,7-11,14-20,22,24-25,27,31,35,37,39,41-46H,2,5-6,12-13,21,23,26H2. The molecular weight excluding hydrogens is 591 g/mol. The quantitative estimate of drug-likeness (QED) is 0.180. The highest BCUT2D eigenvalue weighted by atomic mass is 32.2. The molecule has 6 unspecified atom stereocenters. The summed E-state index contributed by atoms with van der Waals surface area (Å²) in [6.45, 7) is 0. The van der Waals surface area contributed by atoms with E-state index in [1.165, 1.54) is 94.9 Å². The zero-order valence-corrected chi connectivity index (χ0v) is 27.9. The Morgan fingerprint density at radius 1 is 0.532 bits per heavy atom. The second-order valence-electron chi connectivity index (χ2n) is 14.4. The molecule has 0 bridgehead atoms. The molecule has 3 fully saturated rings. The highest BCUT2D eigenvalue weighted by Crippen LogP contribution is 2.55. The van der Waals surface area contributed by atoms with E-state index in [1.807, 2.05) is 0 Å². The van der Waals surface area contributed by atoms with Crippen molar-refractivity contribution >= 4 is 22.5 Å². The molecule has 3 nitrogen and oxygen atoms in total. The third-order valence-electron chi connectivity index (χ3n) is 11.6. The zero-order valence-electron chi connectivity index (χ0n) is 27.1. The molecule has 1 saturated heterocycles. The number of hydrogen-bond donors (Lipinski definition) is 3. The maximum Gasteiger partial charge on any atom is 0.0862 e. The van der Waals surface area contributed by atoms with Gasteiger partial charge in [-0.15, -0.1) is 11.8 Å². The van der Waals surface area contributed by atoms with Crippen LogP contribution in [0, 0.1) is 5.92 Å². The fourth-order valence-electron chi connectivity index (χ4n) is 8.97. The predicted molar refractivity (Wildman–Crippen MR) is 196 cm³/mol. The fourth-order valence-corrected chi connectivity index (χ4v) is 10.6. The van der Waals surface area contributed by atoms with Crippen molar-refractivity contribution in [2.75, 3.05) is 0 Å². The highest BCUT2D eigenvalue weighted by Gasteiger charge is 2.39. The van der Waals surface area contributed by atoms with Gasteiger partial charge in [-0.2, -0.15) is 0 Å². The van der Waals surface area contributed by atoms with Crippen molar-refractivity contribution in [3.05, 3.63) is 138 Å². The van der Waals surface area contributed by atoms with Gasteiger partial charge in [0.2, 0.25) is 0 Å². The normalized spacial score (nSPS) is 27.7. The Kier molecular flexibility index (Phi) is 8.15. The number of thioether (sulfide) groups is 1. The minimum atomic E-state index is 0.134. The lowest BCUT2D eigenvalue weighted by molar-refractivity contribution is 0.131. The summed E-state index contributed by atoms with van der Waals surface area (Å²) in [4.78, 5) is 1.50. The number of rotatable bonds is 5. The lowest BCUT2D eigenvalue weighted by Crippen LogP contribution is -2.61. The Balaban J connectivity index is 0.897. The highest BCUT2D eigenvalue weighted by molar-refractivity contribution is 8.00. The topological polar surface area (TPSA) is 36.1 Å². The fraction of sp³-hybridized carbons (Fsp3) is 0.349. The minimum absolute atomic E-state index is 0.134. The van der Waals surface area contributed by atoms with Crippen LogP contribution in [0.5, 0.6) is 0 Å². The molecular formula is C43H45N3S. The number of fused-ring (bicyclic) bond motifs is 4. The number of benzene rings is 5. The van der Waals surface area contributed by atoms with Gasteiger partial charge in [0.1, 0.15) is 0 Å². The van der Waals surface area contributed by atoms with Gasteiger partial charge in [-0.05, 0) is 106 Å². The van der Waals surface area contributed by atoms with Gasteiger partial charge in [0.05, 0.1) is 18.5 Å². The van der Waals surface area contributed by atoms with Gasteiger partial charge in [-0.1, -0.05) is 122 Å². The van der Waals surface area contributed by atoms with Crippen LogP contribution in [-0.4, -0.2) is 11.4 Å². The third kappa shape index (κ3) is 5.95. The Bertz CT molecular complexity index is 1850. The Hall–Kier alpha value is -3.41. The molecule has 2 heterocycles. The molecule has 2 saturated carbocycles. The summed E-state index contributed by atoms with van der Waals surface area (Å²) in [7, 11) is 0. The molecule has 9 rings (SSSR count). The first kappa shape index (κ1) is 29.7. The minimum Gasteiger partial charge on any atom is -0.282 e. The molecule has 2 aliphatic heterocycles. The van der Waals surface area contributed by atoms with E-state index in [0.717, 1.165) is 0 Å². The summed E-state index contributed by atoms with van der Waals surface area (Å²) >= 11 is 2.14. The summed E-state index contributed by atoms with van der Waals surface area (Å²) in [6.07, 6.45) is 11.1. The van der Waals surface area contributed by atoms with Crippen LogP contribution in [0.2, 0.25) is 0 Å². The van der Waals surface area contributed by atoms with Crippen LogP contribution in [0.4, 0.5) is 0 Å². The van der Waals surface area contributed by atoms with Gasteiger partial charge < -0.3 is 0 Å². The molecule has 0 amide bonds. The average Bonchev–Trinajstić information content (AvgIpc) is 3.52. The van der Waals surface area contributed by atoms with Gasteiger partial charge >= 0.3 is 0 Å². The van der Waals surface area contributed by atoms with Gasteiger partial charge in [0.25, 0.3) is 0 Å². The van der Waals surface area contributed by atoms with E-state index in [9.17, 15) is 0 Å². The van der Waals surface area contributed by atoms with E-state index in [-0.39, 0.29) is 12.3 Å². The lowest BCUT2D eigenvalue weighted by Gasteiger charge is -2.43. The van der Waals surface area contributed by atoms with E-state index in [0.29, 0.717) is 29.2 Å². The summed E-state index contributed by atoms with van der Waals surface area (Å²) in [5.74, 6) is 2.00. The smallest absolute Gasteiger partial charge is 0.0862 e. The second kappa shape index (κ2) is 12.9. The van der Waals surface area contributed by atoms with Crippen LogP contribution in [0.15, 0.2) is 120 Å². The van der Waals surface area contributed by atoms with E-state index >= 15 is 0 Å². The van der Waals surface area contributed by atoms with Crippen molar-refractivity contribution in [1.82, 2.24) is 16.0 Å². The number of hydrogen-bond acceptors (Lipinski definition) is 4. The van der Waals surface area contributed by atoms with Crippen molar-refractivity contribution in [2.24, 2.45) is 5.92 Å². The third-order valence-corrected chi connectivity index (χ3v) is 13.0. The maximum atomic E-state index is 3.98. The van der Waals surface area contributed by atoms with Gasteiger partial charge in [-0.3, -0.25) is 16.0 Å². The summed E-state index contributed by atoms with van der Waals surface area (Å²) in [6, 6.07) is 43.4. The zero-order chi connectivity index (χ0) is 31.2. The van der Waals surface area contributed by atoms with Crippen molar-refractivity contribution < 1.29 is 0 Å². The van der Waals surface area contributed by atoms with Gasteiger partial charge in [0, 0.05) is 10.1 Å². The molecule has 238 valence electrons. The molecule has 3 N–H and O–H groups in total. The summed E-state index contributed by atoms with van der Waals surface area (Å²) < 4.78 is 0. The Labute approximate surface area is 284 Å². The Morgan fingerprint density at radius 2 is 1.21 bits per heavy atom. The first-order chi connectivity index (χ1) is 23.2. The largest absolute Gasteiger partial charge is 0.282 e. The van der Waals surface area contributed by atoms with Crippen molar-refractivity contribution in [3.8, 4) is 11.1 Å². The molecule has 47 heavy (non-hydrogen) atoms. The molecule has 4 heteroatoms. The Morgan fingerprint density at radius 3 is 2.02 bits per heavy atom. The average molecular weight is 636 g/mol. The molecule has 0 aromatic heterocycles. The molecule has 5 aromatic carbocycles. The molecule has 0 radical (unpaired) electrons. The SMILES string of the molecule is c1ccc(C2NC(c3ccc(C4CCC5c6ccc(-c7ccc8ccccc8c7)cc6SC5C4)cc3)NC(C3CCCCC3)N2)cc1. The molecule has 5 aromatic rings. The van der Waals surface area contributed by atoms with E-state index in [4.69, 9.17) is 0 Å². The second-order valence-corrected chi connectivity index (χ2v) is 15.7. The van der Waals surface area contributed by atoms with E-state index in [2.05, 4.69) is 143 Å². The summed E-state index contributed by atoms with van der Waals surface area (Å²) in [5, 5.41) is 15.1. The first-order valence-electron chi connectivity index (χ1n) is 18.0. The molecule has 0 spiro atoms. The predicted octanol–water partition coefficient (Wildman–Crippen LogP) is 10.4. The van der Waals surface area contributed by atoms with Crippen molar-refractivity contribution in [2.45, 2.75) is 91.8 Å². The molecule has 4 aliphatic rings. The van der Waals surface area contributed by atoms with E-state index in [1.54, 1.807) is 5.56 Å². The van der Waals surface area contributed by atoms with Crippen LogP contribution in [0.1, 0.15) is 97.8 Å². The molecule has 2 aliphatic carbocycles. The lowest BCUT2D eigenvalue weighted by atomic mass is 9.76. The van der Waals surface area contributed by atoms with Gasteiger partial charge in [-0.25, -0.2) is 0 Å². The first-order valence-corrected chi connectivity index (χ1v) is 18.9. The van der Waals surface area contributed by atoms with Gasteiger partial charge in [0.15, 0.2) is 0 Å². The maximum absolute atomic E-state index is 3.98. The van der Waals surface area contributed by atoms with Crippen LogP contribution < -0.4 is 16.0 Å². The van der Waals surface area contributed by atoms with Crippen LogP contribution in [0.3, 0.4) is 0 Å². The van der Waals surface area contributed by atoms with Crippen molar-refractivity contribution in [3.63, 3.8) is 0 Å². The van der Waals surface area contributed by atoms with Crippen molar-refractivity contribution in [1.29, 1.82) is 0 Å². The summed E-state index contributed by atoms with van der Waals surface area (Å²) in [5.41, 5.74) is 8.41. The van der Waals surface area contributed by atoms with Crippen LogP contribution >= 0.6 is 11.8 Å². The molecule has 6 atom stereocenters. The van der Waals surface area contributed by atoms with Crippen LogP contribution in [0.25, 0.3) is 21.9 Å². The van der Waals surface area contributed by atoms with Crippen LogP contribution in [-0.2, 0) is 0 Å². The number of nitrogens with one attached hydrogen (secondary N) is 3.